The van der Waals surface area contributed by atoms with Crippen molar-refractivity contribution in [3.05, 3.63) is 23.8 Å². The van der Waals surface area contributed by atoms with E-state index in [-0.39, 0.29) is 19.1 Å². The lowest BCUT2D eigenvalue weighted by Gasteiger charge is -2.26. The summed E-state index contributed by atoms with van der Waals surface area (Å²) in [6.07, 6.45) is 6.23. The van der Waals surface area contributed by atoms with Crippen LogP contribution in [0.2, 0.25) is 0 Å². The number of hydrogen-bond acceptors (Lipinski definition) is 6. The maximum Gasteiger partial charge on any atom is 0.240 e. The molecule has 8 heteroatoms. The third-order valence-corrected chi connectivity index (χ3v) is 4.25. The van der Waals surface area contributed by atoms with E-state index in [1.165, 1.54) is 0 Å². The maximum absolute atomic E-state index is 12.3. The predicted molar refractivity (Wildman–Crippen MR) is 94.2 cm³/mol. The van der Waals surface area contributed by atoms with Gasteiger partial charge in [0.05, 0.1) is 25.0 Å². The van der Waals surface area contributed by atoms with Crippen LogP contribution in [-0.2, 0) is 17.6 Å². The molecule has 1 amide bonds. The first-order valence-corrected chi connectivity index (χ1v) is 8.41. The van der Waals surface area contributed by atoms with Gasteiger partial charge in [0.15, 0.2) is 5.82 Å². The molecule has 25 heavy (non-hydrogen) atoms. The van der Waals surface area contributed by atoms with E-state index >= 15 is 0 Å². The first kappa shape index (κ1) is 17.3. The number of aliphatic hydroxyl groups excluding tert-OH is 1. The van der Waals surface area contributed by atoms with E-state index < -0.39 is 5.54 Å². The second-order valence-electron chi connectivity index (χ2n) is 7.05. The molecule has 3 N–H and O–H groups in total. The van der Waals surface area contributed by atoms with Crippen molar-refractivity contribution in [2.45, 2.75) is 38.6 Å². The van der Waals surface area contributed by atoms with Crippen molar-refractivity contribution in [2.24, 2.45) is 0 Å². The Bertz CT molecular complexity index is 757. The summed E-state index contributed by atoms with van der Waals surface area (Å²) in [7, 11) is 1.85. The molecule has 0 aliphatic heterocycles. The average molecular weight is 344 g/mol. The van der Waals surface area contributed by atoms with Crippen LogP contribution in [0, 0.1) is 0 Å². The average Bonchev–Trinajstić information content (AvgIpc) is 3.24. The fourth-order valence-corrected chi connectivity index (χ4v) is 2.97. The molecule has 2 aromatic heterocycles. The Morgan fingerprint density at radius 2 is 2.20 bits per heavy atom. The van der Waals surface area contributed by atoms with E-state index in [1.807, 2.05) is 11.9 Å². The van der Waals surface area contributed by atoms with Gasteiger partial charge in [-0.05, 0) is 33.1 Å². The summed E-state index contributed by atoms with van der Waals surface area (Å²) in [6, 6.07) is 0. The summed E-state index contributed by atoms with van der Waals surface area (Å²) in [5.74, 6) is 1.19. The molecule has 0 saturated carbocycles. The number of aryl methyl sites for hydroxylation is 1. The van der Waals surface area contributed by atoms with Crippen molar-refractivity contribution >= 4 is 11.7 Å². The second-order valence-corrected chi connectivity index (χ2v) is 7.05. The summed E-state index contributed by atoms with van der Waals surface area (Å²) in [6.45, 7) is 3.60. The SMILES string of the molecule is CN(CC(=O)NC(C)(C)CO)c1nc(-c2c[nH]cn2)nc2c1CCC2. The van der Waals surface area contributed by atoms with E-state index in [2.05, 4.69) is 25.3 Å². The van der Waals surface area contributed by atoms with Crippen LogP contribution in [-0.4, -0.2) is 56.7 Å². The number of imidazole rings is 1. The summed E-state index contributed by atoms with van der Waals surface area (Å²) >= 11 is 0. The molecule has 0 fully saturated rings. The van der Waals surface area contributed by atoms with Gasteiger partial charge in [0.1, 0.15) is 11.5 Å². The van der Waals surface area contributed by atoms with E-state index in [9.17, 15) is 9.90 Å². The summed E-state index contributed by atoms with van der Waals surface area (Å²) < 4.78 is 0. The predicted octanol–water partition coefficient (Wildman–Crippen LogP) is 0.679. The van der Waals surface area contributed by atoms with Gasteiger partial charge in [0.25, 0.3) is 0 Å². The molecule has 0 unspecified atom stereocenters. The lowest BCUT2D eigenvalue weighted by atomic mass is 10.1. The van der Waals surface area contributed by atoms with Crippen molar-refractivity contribution in [1.29, 1.82) is 0 Å². The molecule has 0 bridgehead atoms. The molecule has 0 atom stereocenters. The Morgan fingerprint density at radius 1 is 1.40 bits per heavy atom. The highest BCUT2D eigenvalue weighted by atomic mass is 16.3. The van der Waals surface area contributed by atoms with Gasteiger partial charge in [-0.1, -0.05) is 0 Å². The minimum atomic E-state index is -0.647. The van der Waals surface area contributed by atoms with Crippen molar-refractivity contribution in [3.8, 4) is 11.5 Å². The largest absolute Gasteiger partial charge is 0.394 e. The van der Waals surface area contributed by atoms with E-state index in [0.717, 1.165) is 36.3 Å². The number of anilines is 1. The molecule has 0 spiro atoms. The molecule has 2 aromatic rings. The number of nitrogens with one attached hydrogen (secondary N) is 2. The summed E-state index contributed by atoms with van der Waals surface area (Å²) in [4.78, 5) is 30.6. The van der Waals surface area contributed by atoms with Crippen LogP contribution in [0.5, 0.6) is 0 Å². The van der Waals surface area contributed by atoms with Crippen LogP contribution in [0.3, 0.4) is 0 Å². The molecule has 1 aliphatic rings. The van der Waals surface area contributed by atoms with Crippen LogP contribution in [0.4, 0.5) is 5.82 Å². The topological polar surface area (TPSA) is 107 Å². The number of nitrogens with zero attached hydrogens (tertiary/aromatic N) is 4. The van der Waals surface area contributed by atoms with Gasteiger partial charge in [0, 0.05) is 24.5 Å². The standard InChI is InChI=1S/C17H24N6O2/c1-17(2,9-24)22-14(25)8-23(3)16-11-5-4-6-12(11)20-15(21-16)13-7-18-10-19-13/h7,10,24H,4-6,8-9H2,1-3H3,(H,18,19)(H,22,25). The summed E-state index contributed by atoms with van der Waals surface area (Å²) in [5, 5.41) is 12.1. The minimum absolute atomic E-state index is 0.116. The maximum atomic E-state index is 12.3. The van der Waals surface area contributed by atoms with Gasteiger partial charge >= 0.3 is 0 Å². The number of carbonyl (C=O) groups excluding carboxylic acids is 1. The van der Waals surface area contributed by atoms with Crippen LogP contribution >= 0.6 is 0 Å². The first-order valence-electron chi connectivity index (χ1n) is 8.41. The number of likely N-dealkylation sites (N-methyl/N-ethyl adjacent to an activating group) is 1. The normalized spacial score (nSPS) is 13.6. The quantitative estimate of drug-likeness (QED) is 0.711. The fourth-order valence-electron chi connectivity index (χ4n) is 2.97. The zero-order valence-corrected chi connectivity index (χ0v) is 14.8. The number of amides is 1. The highest BCUT2D eigenvalue weighted by molar-refractivity contribution is 5.82. The molecule has 3 rings (SSSR count). The third kappa shape index (κ3) is 3.79. The smallest absolute Gasteiger partial charge is 0.240 e. The molecule has 134 valence electrons. The molecule has 8 nitrogen and oxygen atoms in total. The van der Waals surface area contributed by atoms with Crippen LogP contribution < -0.4 is 10.2 Å². The minimum Gasteiger partial charge on any atom is -0.394 e. The Balaban J connectivity index is 1.85. The first-order chi connectivity index (χ1) is 11.9. The molecule has 0 saturated heterocycles. The lowest BCUT2D eigenvalue weighted by molar-refractivity contribution is -0.121. The van der Waals surface area contributed by atoms with Crippen LogP contribution in [0.1, 0.15) is 31.5 Å². The Labute approximate surface area is 146 Å². The van der Waals surface area contributed by atoms with Gasteiger partial charge in [-0.2, -0.15) is 0 Å². The Hall–Kier alpha value is -2.48. The highest BCUT2D eigenvalue weighted by Crippen LogP contribution is 2.30. The molecular weight excluding hydrogens is 320 g/mol. The van der Waals surface area contributed by atoms with Crippen LogP contribution in [0.15, 0.2) is 12.5 Å². The van der Waals surface area contributed by atoms with Crippen molar-refractivity contribution in [2.75, 3.05) is 25.1 Å². The van der Waals surface area contributed by atoms with Gasteiger partial charge in [-0.15, -0.1) is 0 Å². The van der Waals surface area contributed by atoms with Gasteiger partial charge in [0.2, 0.25) is 5.91 Å². The number of aliphatic hydroxyl groups is 1. The number of rotatable bonds is 6. The van der Waals surface area contributed by atoms with Crippen LogP contribution in [0.25, 0.3) is 11.5 Å². The molecular formula is C17H24N6O2. The number of fused-ring (bicyclic) bond motifs is 1. The molecule has 2 heterocycles. The van der Waals surface area contributed by atoms with Gasteiger partial charge in [-0.3, -0.25) is 4.79 Å². The van der Waals surface area contributed by atoms with E-state index in [1.54, 1.807) is 26.4 Å². The summed E-state index contributed by atoms with van der Waals surface area (Å²) in [5.41, 5.74) is 2.18. The molecule has 0 aromatic carbocycles. The number of aromatic nitrogens is 4. The van der Waals surface area contributed by atoms with Crippen molar-refractivity contribution in [3.63, 3.8) is 0 Å². The zero-order chi connectivity index (χ0) is 18.0. The number of carbonyl (C=O) groups is 1. The second kappa shape index (κ2) is 6.79. The van der Waals surface area contributed by atoms with Gasteiger partial charge < -0.3 is 20.3 Å². The monoisotopic (exact) mass is 344 g/mol. The number of aromatic amines is 1. The third-order valence-electron chi connectivity index (χ3n) is 4.25. The van der Waals surface area contributed by atoms with E-state index in [0.29, 0.717) is 11.5 Å². The Kier molecular flexibility index (Phi) is 4.71. The fraction of sp³-hybridized carbons (Fsp3) is 0.529. The van der Waals surface area contributed by atoms with Crippen molar-refractivity contribution < 1.29 is 9.90 Å². The highest BCUT2D eigenvalue weighted by Gasteiger charge is 2.25. The molecule has 1 aliphatic carbocycles. The zero-order valence-electron chi connectivity index (χ0n) is 14.8. The Morgan fingerprint density at radius 3 is 2.88 bits per heavy atom. The van der Waals surface area contributed by atoms with E-state index in [4.69, 9.17) is 0 Å². The van der Waals surface area contributed by atoms with Crippen molar-refractivity contribution in [1.82, 2.24) is 25.3 Å². The number of hydrogen-bond donors (Lipinski definition) is 3. The van der Waals surface area contributed by atoms with Gasteiger partial charge in [-0.25, -0.2) is 15.0 Å². The molecule has 0 radical (unpaired) electrons. The lowest BCUT2D eigenvalue weighted by Crippen LogP contribution is -2.49. The number of H-pyrrole nitrogens is 1.